The largest absolute Gasteiger partial charge is 0.398 e. The number of fused-ring (bicyclic) bond motifs is 2. The summed E-state index contributed by atoms with van der Waals surface area (Å²) in [4.78, 5) is 12.0. The highest BCUT2D eigenvalue weighted by Gasteiger charge is 2.30. The van der Waals surface area contributed by atoms with Crippen molar-refractivity contribution < 1.29 is 17.8 Å². The van der Waals surface area contributed by atoms with Gasteiger partial charge < -0.3 is 11.5 Å². The Morgan fingerprint density at radius 2 is 1.81 bits per heavy atom. The van der Waals surface area contributed by atoms with Crippen LogP contribution in [-0.2, 0) is 16.5 Å². The molecule has 2 aromatic carbocycles. The lowest BCUT2D eigenvalue weighted by atomic mass is 9.83. The summed E-state index contributed by atoms with van der Waals surface area (Å²) in [7, 11) is -4.55. The van der Waals surface area contributed by atoms with E-state index in [2.05, 4.69) is 0 Å². The second-order valence-corrected chi connectivity index (χ2v) is 6.26. The Labute approximate surface area is 121 Å². The fourth-order valence-electron chi connectivity index (χ4n) is 2.62. The van der Waals surface area contributed by atoms with Crippen LogP contribution in [0.3, 0.4) is 0 Å². The Morgan fingerprint density at radius 1 is 1.14 bits per heavy atom. The Bertz CT molecular complexity index is 888. The maximum absolute atomic E-state index is 12.5. The summed E-state index contributed by atoms with van der Waals surface area (Å²) in [5.41, 5.74) is 13.3. The van der Waals surface area contributed by atoms with Crippen molar-refractivity contribution in [3.8, 4) is 0 Å². The lowest BCUT2D eigenvalue weighted by Crippen LogP contribution is -2.20. The quantitative estimate of drug-likeness (QED) is 0.459. The van der Waals surface area contributed by atoms with E-state index in [9.17, 15) is 17.8 Å². The third kappa shape index (κ3) is 1.98. The third-order valence-corrected chi connectivity index (χ3v) is 4.50. The molecule has 1 aliphatic rings. The zero-order valence-corrected chi connectivity index (χ0v) is 11.6. The van der Waals surface area contributed by atoms with Crippen LogP contribution in [0.15, 0.2) is 35.2 Å². The van der Waals surface area contributed by atoms with E-state index in [1.54, 1.807) is 12.1 Å². The number of anilines is 2. The predicted octanol–water partition coefficient (Wildman–Crippen LogP) is 1.23. The van der Waals surface area contributed by atoms with Crippen molar-refractivity contribution in [3.05, 3.63) is 52.6 Å². The highest BCUT2D eigenvalue weighted by atomic mass is 32.2. The average Bonchev–Trinajstić information content (AvgIpc) is 2.41. The summed E-state index contributed by atoms with van der Waals surface area (Å²) in [6.07, 6.45) is 0.388. The second-order valence-electron chi connectivity index (χ2n) is 4.87. The standard InChI is InChI=1S/C14H12N2O4S/c15-10-6-11(21(18,19)20)13(16)12-9(10)5-7-3-1-2-4-8(7)14(12)17/h1-4,6H,5,15-16H2,(H,18,19,20). The number of hydrogen-bond donors (Lipinski definition) is 3. The molecule has 0 amide bonds. The molecule has 7 heteroatoms. The molecule has 2 aromatic rings. The summed E-state index contributed by atoms with van der Waals surface area (Å²) < 4.78 is 31.9. The van der Waals surface area contributed by atoms with E-state index in [-0.39, 0.29) is 22.7 Å². The number of rotatable bonds is 1. The van der Waals surface area contributed by atoms with Crippen LogP contribution in [0.5, 0.6) is 0 Å². The van der Waals surface area contributed by atoms with Crippen molar-refractivity contribution in [2.45, 2.75) is 11.3 Å². The molecule has 0 radical (unpaired) electrons. The van der Waals surface area contributed by atoms with E-state index in [4.69, 9.17) is 11.5 Å². The van der Waals surface area contributed by atoms with Crippen LogP contribution < -0.4 is 11.5 Å². The number of benzene rings is 2. The number of ketones is 1. The van der Waals surface area contributed by atoms with Gasteiger partial charge in [0.1, 0.15) is 4.90 Å². The van der Waals surface area contributed by atoms with Gasteiger partial charge >= 0.3 is 0 Å². The van der Waals surface area contributed by atoms with E-state index in [1.807, 2.05) is 12.1 Å². The fourth-order valence-corrected chi connectivity index (χ4v) is 3.28. The molecule has 0 aromatic heterocycles. The average molecular weight is 304 g/mol. The molecule has 0 bridgehead atoms. The van der Waals surface area contributed by atoms with Gasteiger partial charge in [0.25, 0.3) is 10.1 Å². The first-order valence-electron chi connectivity index (χ1n) is 6.11. The van der Waals surface area contributed by atoms with Crippen molar-refractivity contribution in [1.82, 2.24) is 0 Å². The molecule has 3 rings (SSSR count). The molecular weight excluding hydrogens is 292 g/mol. The number of carbonyl (C=O) groups excluding carboxylic acids is 1. The second kappa shape index (κ2) is 4.31. The molecule has 108 valence electrons. The Hall–Kier alpha value is -2.38. The van der Waals surface area contributed by atoms with E-state index in [0.29, 0.717) is 17.5 Å². The zero-order chi connectivity index (χ0) is 15.4. The van der Waals surface area contributed by atoms with Crippen molar-refractivity contribution >= 4 is 27.3 Å². The molecule has 0 heterocycles. The monoisotopic (exact) mass is 304 g/mol. The molecule has 0 saturated heterocycles. The van der Waals surface area contributed by atoms with Gasteiger partial charge in [0, 0.05) is 17.7 Å². The first-order chi connectivity index (χ1) is 9.80. The minimum atomic E-state index is -4.55. The summed E-state index contributed by atoms with van der Waals surface area (Å²) in [6, 6.07) is 8.07. The number of nitrogen functional groups attached to an aromatic ring is 2. The number of carbonyl (C=O) groups is 1. The molecule has 0 spiro atoms. The van der Waals surface area contributed by atoms with Gasteiger partial charge in [-0.05, 0) is 17.2 Å². The summed E-state index contributed by atoms with van der Waals surface area (Å²) in [6.45, 7) is 0. The molecule has 0 unspecified atom stereocenters. The Balaban J connectivity index is 2.35. The van der Waals surface area contributed by atoms with E-state index in [0.717, 1.165) is 11.6 Å². The normalized spacial score (nSPS) is 13.7. The van der Waals surface area contributed by atoms with Crippen molar-refractivity contribution in [2.75, 3.05) is 11.5 Å². The van der Waals surface area contributed by atoms with E-state index >= 15 is 0 Å². The predicted molar refractivity (Wildman–Crippen MR) is 77.8 cm³/mol. The van der Waals surface area contributed by atoms with Crippen LogP contribution in [0.2, 0.25) is 0 Å². The molecule has 0 fully saturated rings. The minimum Gasteiger partial charge on any atom is -0.398 e. The van der Waals surface area contributed by atoms with Crippen LogP contribution in [0.25, 0.3) is 0 Å². The van der Waals surface area contributed by atoms with Gasteiger partial charge in [-0.1, -0.05) is 24.3 Å². The van der Waals surface area contributed by atoms with Crippen molar-refractivity contribution in [3.63, 3.8) is 0 Å². The Kier molecular flexibility index (Phi) is 2.79. The molecule has 1 aliphatic carbocycles. The molecule has 0 saturated carbocycles. The third-order valence-electron chi connectivity index (χ3n) is 3.61. The first kappa shape index (κ1) is 13.6. The van der Waals surface area contributed by atoms with Gasteiger partial charge in [-0.3, -0.25) is 9.35 Å². The number of nitrogens with two attached hydrogens (primary N) is 2. The molecule has 6 nitrogen and oxygen atoms in total. The van der Waals surface area contributed by atoms with Crippen LogP contribution in [0, 0.1) is 0 Å². The number of hydrogen-bond acceptors (Lipinski definition) is 5. The van der Waals surface area contributed by atoms with Crippen LogP contribution in [-0.4, -0.2) is 18.8 Å². The molecule has 21 heavy (non-hydrogen) atoms. The van der Waals surface area contributed by atoms with Gasteiger partial charge in [0.15, 0.2) is 5.78 Å². The topological polar surface area (TPSA) is 123 Å². The minimum absolute atomic E-state index is 0.0568. The van der Waals surface area contributed by atoms with Crippen LogP contribution in [0.1, 0.15) is 27.0 Å². The SMILES string of the molecule is Nc1cc(S(=O)(=O)O)c(N)c2c1Cc1ccccc1C2=O. The van der Waals surface area contributed by atoms with E-state index < -0.39 is 15.0 Å². The van der Waals surface area contributed by atoms with Crippen molar-refractivity contribution in [2.24, 2.45) is 0 Å². The molecule has 0 aliphatic heterocycles. The van der Waals surface area contributed by atoms with E-state index in [1.165, 1.54) is 0 Å². The van der Waals surface area contributed by atoms with Gasteiger partial charge in [0.2, 0.25) is 0 Å². The van der Waals surface area contributed by atoms with Gasteiger partial charge in [-0.2, -0.15) is 8.42 Å². The molecular formula is C14H12N2O4S. The lowest BCUT2D eigenvalue weighted by molar-refractivity contribution is 0.103. The summed E-state index contributed by atoms with van der Waals surface area (Å²) in [5.74, 6) is -0.387. The van der Waals surface area contributed by atoms with Crippen LogP contribution in [0.4, 0.5) is 11.4 Å². The van der Waals surface area contributed by atoms with Gasteiger partial charge in [-0.25, -0.2) is 0 Å². The highest BCUT2D eigenvalue weighted by Crippen LogP contribution is 2.37. The molecule has 5 N–H and O–H groups in total. The van der Waals surface area contributed by atoms with Crippen molar-refractivity contribution in [1.29, 1.82) is 0 Å². The zero-order valence-electron chi connectivity index (χ0n) is 10.8. The Morgan fingerprint density at radius 3 is 2.48 bits per heavy atom. The lowest BCUT2D eigenvalue weighted by Gasteiger charge is -2.22. The highest BCUT2D eigenvalue weighted by molar-refractivity contribution is 7.86. The first-order valence-corrected chi connectivity index (χ1v) is 7.55. The maximum Gasteiger partial charge on any atom is 0.296 e. The summed E-state index contributed by atoms with van der Waals surface area (Å²) in [5, 5.41) is 0. The van der Waals surface area contributed by atoms with Crippen LogP contribution >= 0.6 is 0 Å². The summed E-state index contributed by atoms with van der Waals surface area (Å²) >= 11 is 0. The van der Waals surface area contributed by atoms with Gasteiger partial charge in [-0.15, -0.1) is 0 Å². The fraction of sp³-hybridized carbons (Fsp3) is 0.0714. The molecule has 0 atom stereocenters. The smallest absolute Gasteiger partial charge is 0.296 e. The maximum atomic E-state index is 12.5. The van der Waals surface area contributed by atoms with Gasteiger partial charge in [0.05, 0.1) is 11.3 Å².